The van der Waals surface area contributed by atoms with Gasteiger partial charge in [0.05, 0.1) is 12.2 Å². The number of aliphatic carboxylic acids is 1. The number of nitrogens with one attached hydrogen (secondary N) is 4. The van der Waals surface area contributed by atoms with Crippen LogP contribution in [0.15, 0.2) is 35.5 Å². The van der Waals surface area contributed by atoms with E-state index in [0.29, 0.717) is 5.56 Å². The summed E-state index contributed by atoms with van der Waals surface area (Å²) in [6.07, 6.45) is -0.777. The van der Waals surface area contributed by atoms with E-state index in [2.05, 4.69) is 25.9 Å². The van der Waals surface area contributed by atoms with Crippen LogP contribution in [0.2, 0.25) is 0 Å². The van der Waals surface area contributed by atoms with Gasteiger partial charge in [-0.05, 0) is 38.3 Å². The number of benzene rings is 1. The number of nitrogens with two attached hydrogens (primary N) is 3. The number of carboxylic acids is 1. The molecule has 2 rings (SSSR count). The maximum Gasteiger partial charge on any atom is 0.326 e. The molecule has 13 N–H and O–H groups in total. The predicted molar refractivity (Wildman–Crippen MR) is 147 cm³/mol. The minimum Gasteiger partial charge on any atom is -0.480 e. The third-order valence-corrected chi connectivity index (χ3v) is 6.18. The Hall–Kier alpha value is -4.21. The van der Waals surface area contributed by atoms with Crippen LogP contribution in [0.4, 0.5) is 0 Å². The number of aliphatic hydroxyl groups excluding tert-OH is 2. The summed E-state index contributed by atoms with van der Waals surface area (Å²) in [5.41, 5.74) is 17.7. The van der Waals surface area contributed by atoms with Crippen molar-refractivity contribution in [2.24, 2.45) is 22.2 Å². The van der Waals surface area contributed by atoms with E-state index in [1.54, 1.807) is 12.3 Å². The maximum absolute atomic E-state index is 13.1. The molecule has 220 valence electrons. The van der Waals surface area contributed by atoms with Gasteiger partial charge in [0.25, 0.3) is 0 Å². The van der Waals surface area contributed by atoms with E-state index < -0.39 is 60.1 Å². The molecule has 15 heteroatoms. The Bertz CT molecular complexity index is 1210. The van der Waals surface area contributed by atoms with E-state index in [9.17, 15) is 34.5 Å². The van der Waals surface area contributed by atoms with Crippen LogP contribution in [0.25, 0.3) is 10.9 Å². The molecule has 0 radical (unpaired) electrons. The Morgan fingerprint density at radius 2 is 1.60 bits per heavy atom. The van der Waals surface area contributed by atoms with Crippen LogP contribution < -0.4 is 33.2 Å². The third kappa shape index (κ3) is 9.21. The first-order valence-corrected chi connectivity index (χ1v) is 12.7. The van der Waals surface area contributed by atoms with Crippen LogP contribution in [0.5, 0.6) is 0 Å². The molecule has 3 amide bonds. The Kier molecular flexibility index (Phi) is 11.8. The number of aromatic amines is 1. The number of aromatic nitrogens is 1. The second-order valence-corrected chi connectivity index (χ2v) is 9.47. The summed E-state index contributed by atoms with van der Waals surface area (Å²) in [5, 5.41) is 37.6. The van der Waals surface area contributed by atoms with E-state index in [1.165, 1.54) is 13.8 Å². The Labute approximate surface area is 230 Å². The van der Waals surface area contributed by atoms with E-state index in [4.69, 9.17) is 17.2 Å². The molecule has 0 saturated heterocycles. The largest absolute Gasteiger partial charge is 0.480 e. The lowest BCUT2D eigenvalue weighted by molar-refractivity contribution is -0.143. The molecule has 0 aliphatic carbocycles. The molecule has 0 aliphatic rings. The van der Waals surface area contributed by atoms with E-state index in [0.717, 1.165) is 10.9 Å². The smallest absolute Gasteiger partial charge is 0.326 e. The first-order valence-electron chi connectivity index (χ1n) is 12.7. The lowest BCUT2D eigenvalue weighted by Gasteiger charge is -2.26. The van der Waals surface area contributed by atoms with Crippen molar-refractivity contribution in [3.05, 3.63) is 36.0 Å². The minimum absolute atomic E-state index is 0.0212. The topological polar surface area (TPSA) is 271 Å². The van der Waals surface area contributed by atoms with E-state index in [-0.39, 0.29) is 31.8 Å². The zero-order chi connectivity index (χ0) is 30.0. The lowest BCUT2D eigenvalue weighted by atomic mass is 10.0. The molecular weight excluding hydrogens is 524 g/mol. The number of guanidine groups is 1. The van der Waals surface area contributed by atoms with Gasteiger partial charge < -0.3 is 53.5 Å². The van der Waals surface area contributed by atoms with E-state index in [1.807, 2.05) is 18.2 Å². The highest BCUT2D eigenvalue weighted by molar-refractivity contribution is 5.94. The van der Waals surface area contributed by atoms with Gasteiger partial charge in [-0.15, -0.1) is 0 Å². The Morgan fingerprint density at radius 1 is 0.950 bits per heavy atom. The van der Waals surface area contributed by atoms with Crippen molar-refractivity contribution in [1.82, 2.24) is 20.9 Å². The summed E-state index contributed by atoms with van der Waals surface area (Å²) >= 11 is 0. The van der Waals surface area contributed by atoms with Gasteiger partial charge >= 0.3 is 5.97 Å². The number of para-hydroxylation sites is 1. The number of hydrogen-bond donors (Lipinski definition) is 10. The number of fused-ring (bicyclic) bond motifs is 1. The standard InChI is InChI=1S/C25H38N8O7/c1-12(34)19(26)22(37)31-17(8-5-9-29-25(27)28)21(36)33-20(13(2)35)23(38)32-18(24(39)40)10-14-11-30-16-7-4-3-6-15(14)16/h3-4,6-7,11-13,17-20,30,34-35H,5,8-10,26H2,1-2H3,(H,31,37)(H,32,38)(H,33,36)(H,39,40)(H4,27,28,29). The van der Waals surface area contributed by atoms with Crippen LogP contribution in [0.3, 0.4) is 0 Å². The molecule has 40 heavy (non-hydrogen) atoms. The number of hydrogen-bond acceptors (Lipinski definition) is 8. The fourth-order valence-corrected chi connectivity index (χ4v) is 3.90. The average molecular weight is 563 g/mol. The number of nitrogens with zero attached hydrogens (tertiary/aromatic N) is 1. The summed E-state index contributed by atoms with van der Waals surface area (Å²) < 4.78 is 0. The van der Waals surface area contributed by atoms with Gasteiger partial charge in [-0.25, -0.2) is 4.79 Å². The van der Waals surface area contributed by atoms with Crippen LogP contribution in [0.1, 0.15) is 32.3 Å². The van der Waals surface area contributed by atoms with Crippen molar-refractivity contribution in [1.29, 1.82) is 0 Å². The fraction of sp³-hybridized carbons (Fsp3) is 0.480. The molecule has 0 fully saturated rings. The zero-order valence-electron chi connectivity index (χ0n) is 22.3. The van der Waals surface area contributed by atoms with Crippen LogP contribution >= 0.6 is 0 Å². The highest BCUT2D eigenvalue weighted by Crippen LogP contribution is 2.19. The third-order valence-electron chi connectivity index (χ3n) is 6.18. The van der Waals surface area contributed by atoms with Crippen LogP contribution in [-0.2, 0) is 25.6 Å². The lowest BCUT2D eigenvalue weighted by Crippen LogP contribution is -2.60. The summed E-state index contributed by atoms with van der Waals surface area (Å²) in [6.45, 7) is 2.69. The summed E-state index contributed by atoms with van der Waals surface area (Å²) in [6, 6.07) is 1.77. The Balaban J connectivity index is 2.17. The predicted octanol–water partition coefficient (Wildman–Crippen LogP) is -2.61. The van der Waals surface area contributed by atoms with Crippen molar-refractivity contribution in [2.75, 3.05) is 6.54 Å². The average Bonchev–Trinajstić information content (AvgIpc) is 3.30. The number of aliphatic imine (C=N–C) groups is 1. The second kappa shape index (κ2) is 14.8. The maximum atomic E-state index is 13.1. The molecule has 15 nitrogen and oxygen atoms in total. The molecule has 0 spiro atoms. The van der Waals surface area contributed by atoms with Gasteiger partial charge in [-0.3, -0.25) is 19.4 Å². The highest BCUT2D eigenvalue weighted by atomic mass is 16.4. The number of carboxylic acid groups (broad SMARTS) is 1. The van der Waals surface area contributed by atoms with Gasteiger partial charge in [0.1, 0.15) is 24.2 Å². The number of amides is 3. The molecule has 1 heterocycles. The van der Waals surface area contributed by atoms with Gasteiger partial charge in [0.15, 0.2) is 5.96 Å². The highest BCUT2D eigenvalue weighted by Gasteiger charge is 2.33. The molecular formula is C25H38N8O7. The van der Waals surface area contributed by atoms with E-state index >= 15 is 0 Å². The summed E-state index contributed by atoms with van der Waals surface area (Å²) in [4.78, 5) is 57.4. The van der Waals surface area contributed by atoms with Gasteiger partial charge in [-0.2, -0.15) is 0 Å². The van der Waals surface area contributed by atoms with Gasteiger partial charge in [0, 0.05) is 30.1 Å². The monoisotopic (exact) mass is 562 g/mol. The second-order valence-electron chi connectivity index (χ2n) is 9.47. The van der Waals surface area contributed by atoms with Crippen molar-refractivity contribution < 1.29 is 34.5 Å². The van der Waals surface area contributed by atoms with Crippen molar-refractivity contribution >= 4 is 40.6 Å². The van der Waals surface area contributed by atoms with Gasteiger partial charge in [0.2, 0.25) is 17.7 Å². The SMILES string of the molecule is CC(O)C(N)C(=O)NC(CCCN=C(N)N)C(=O)NC(C(=O)NC(Cc1c[nH]c2ccccc12)C(=O)O)C(C)O. The summed E-state index contributed by atoms with van der Waals surface area (Å²) in [7, 11) is 0. The number of aliphatic hydroxyl groups is 2. The quantitative estimate of drug-likeness (QED) is 0.0613. The normalized spacial score (nSPS) is 15.6. The minimum atomic E-state index is -1.56. The molecule has 6 atom stereocenters. The number of carbonyl (C=O) groups excluding carboxylic acids is 3. The summed E-state index contributed by atoms with van der Waals surface area (Å²) in [5.74, 6) is -4.08. The molecule has 2 aromatic rings. The molecule has 6 unspecified atom stereocenters. The first-order chi connectivity index (χ1) is 18.8. The first kappa shape index (κ1) is 32.0. The van der Waals surface area contributed by atoms with Crippen molar-refractivity contribution in [2.45, 2.75) is 69.5 Å². The van der Waals surface area contributed by atoms with Crippen LogP contribution in [0, 0.1) is 0 Å². The van der Waals surface area contributed by atoms with Crippen molar-refractivity contribution in [3.63, 3.8) is 0 Å². The molecule has 0 aliphatic heterocycles. The molecule has 0 bridgehead atoms. The number of H-pyrrole nitrogens is 1. The molecule has 1 aromatic heterocycles. The van der Waals surface area contributed by atoms with Crippen molar-refractivity contribution in [3.8, 4) is 0 Å². The number of rotatable bonds is 15. The fourth-order valence-electron chi connectivity index (χ4n) is 3.90. The van der Waals surface area contributed by atoms with Crippen LogP contribution in [-0.4, -0.2) is 92.9 Å². The molecule has 1 aromatic carbocycles. The molecule has 0 saturated carbocycles. The number of carbonyl (C=O) groups is 4. The zero-order valence-corrected chi connectivity index (χ0v) is 22.3. The Morgan fingerprint density at radius 3 is 2.20 bits per heavy atom. The van der Waals surface area contributed by atoms with Gasteiger partial charge in [-0.1, -0.05) is 18.2 Å².